The molecule has 5 heteroatoms. The van der Waals surface area contributed by atoms with Crippen molar-refractivity contribution in [3.8, 4) is 0 Å². The van der Waals surface area contributed by atoms with Gasteiger partial charge in [-0.25, -0.2) is 8.42 Å². The van der Waals surface area contributed by atoms with Crippen LogP contribution in [0.3, 0.4) is 0 Å². The summed E-state index contributed by atoms with van der Waals surface area (Å²) >= 11 is 0. The quantitative estimate of drug-likeness (QED) is 0.797. The molecule has 1 amide bonds. The van der Waals surface area contributed by atoms with Gasteiger partial charge < -0.3 is 4.90 Å². The van der Waals surface area contributed by atoms with Crippen LogP contribution in [-0.2, 0) is 22.7 Å². The van der Waals surface area contributed by atoms with Crippen LogP contribution < -0.4 is 0 Å². The van der Waals surface area contributed by atoms with E-state index in [9.17, 15) is 13.2 Å². The monoisotopic (exact) mass is 321 g/mol. The van der Waals surface area contributed by atoms with E-state index in [1.165, 1.54) is 24.0 Å². The Morgan fingerprint density at radius 1 is 1.14 bits per heavy atom. The van der Waals surface area contributed by atoms with Crippen molar-refractivity contribution in [3.63, 3.8) is 0 Å². The summed E-state index contributed by atoms with van der Waals surface area (Å²) in [5.74, 6) is 0.0254. The molecular weight excluding hydrogens is 298 g/mol. The van der Waals surface area contributed by atoms with Gasteiger partial charge in [0.25, 0.3) is 5.91 Å². The van der Waals surface area contributed by atoms with Crippen molar-refractivity contribution < 1.29 is 13.2 Å². The molecule has 0 unspecified atom stereocenters. The highest BCUT2D eigenvalue weighted by molar-refractivity contribution is 7.92. The summed E-state index contributed by atoms with van der Waals surface area (Å²) in [5.41, 5.74) is 3.33. The number of hydrogen-bond donors (Lipinski definition) is 0. The summed E-state index contributed by atoms with van der Waals surface area (Å²) in [6, 6.07) is 5.70. The van der Waals surface area contributed by atoms with Crippen molar-refractivity contribution >= 4 is 15.7 Å². The van der Waals surface area contributed by atoms with Gasteiger partial charge in [0, 0.05) is 18.2 Å². The van der Waals surface area contributed by atoms with E-state index >= 15 is 0 Å². The fraction of sp³-hybridized carbons (Fsp3) is 0.588. The first kappa shape index (κ1) is 15.5. The van der Waals surface area contributed by atoms with Gasteiger partial charge in [-0.2, -0.15) is 0 Å². The molecule has 1 heterocycles. The van der Waals surface area contributed by atoms with Gasteiger partial charge in [0.05, 0.1) is 11.0 Å². The minimum atomic E-state index is -3.07. The zero-order valence-corrected chi connectivity index (χ0v) is 14.0. The van der Waals surface area contributed by atoms with E-state index in [0.717, 1.165) is 12.8 Å². The number of nitrogens with zero attached hydrogens (tertiary/aromatic N) is 1. The molecule has 0 radical (unpaired) electrons. The molecule has 0 saturated carbocycles. The van der Waals surface area contributed by atoms with Gasteiger partial charge in [-0.1, -0.05) is 6.07 Å². The van der Waals surface area contributed by atoms with E-state index < -0.39 is 15.1 Å². The lowest BCUT2D eigenvalue weighted by molar-refractivity contribution is 0.0693. The predicted molar refractivity (Wildman–Crippen MR) is 86.8 cm³/mol. The molecule has 1 aliphatic carbocycles. The third-order valence-electron chi connectivity index (χ3n) is 5.21. The number of hydrogen-bond acceptors (Lipinski definition) is 3. The van der Waals surface area contributed by atoms with Crippen LogP contribution in [0.5, 0.6) is 0 Å². The molecule has 1 aliphatic heterocycles. The minimum absolute atomic E-state index is 0.0392. The van der Waals surface area contributed by atoms with Crippen molar-refractivity contribution in [2.24, 2.45) is 0 Å². The van der Waals surface area contributed by atoms with Crippen LogP contribution in [0.1, 0.15) is 48.2 Å². The van der Waals surface area contributed by atoms with Gasteiger partial charge in [0.2, 0.25) is 0 Å². The summed E-state index contributed by atoms with van der Waals surface area (Å²) < 4.78 is 23.9. The van der Waals surface area contributed by atoms with E-state index in [0.29, 0.717) is 12.1 Å². The molecule has 1 aromatic carbocycles. The van der Waals surface area contributed by atoms with Crippen LogP contribution in [-0.4, -0.2) is 42.8 Å². The van der Waals surface area contributed by atoms with Gasteiger partial charge in [-0.05, 0) is 62.8 Å². The molecule has 22 heavy (non-hydrogen) atoms. The molecule has 2 atom stereocenters. The van der Waals surface area contributed by atoms with Crippen LogP contribution in [0.2, 0.25) is 0 Å². The van der Waals surface area contributed by atoms with Crippen molar-refractivity contribution in [1.82, 2.24) is 4.90 Å². The Hall–Kier alpha value is -1.36. The third kappa shape index (κ3) is 2.67. The molecule has 0 N–H and O–H groups in total. The topological polar surface area (TPSA) is 54.5 Å². The molecule has 0 spiro atoms. The zero-order valence-electron chi connectivity index (χ0n) is 13.2. The van der Waals surface area contributed by atoms with Crippen molar-refractivity contribution in [2.75, 3.05) is 12.3 Å². The van der Waals surface area contributed by atoms with Crippen LogP contribution in [0.15, 0.2) is 18.2 Å². The van der Waals surface area contributed by atoms with Crippen molar-refractivity contribution in [3.05, 3.63) is 34.9 Å². The molecule has 0 bridgehead atoms. The van der Waals surface area contributed by atoms with E-state index in [-0.39, 0.29) is 17.7 Å². The highest BCUT2D eigenvalue weighted by Gasteiger charge is 2.38. The molecule has 4 nitrogen and oxygen atoms in total. The van der Waals surface area contributed by atoms with E-state index in [1.807, 2.05) is 19.1 Å². The lowest BCUT2D eigenvalue weighted by Gasteiger charge is -2.37. The number of carbonyl (C=O) groups is 1. The molecule has 0 aromatic heterocycles. The number of carbonyl (C=O) groups excluding carboxylic acids is 1. The summed E-state index contributed by atoms with van der Waals surface area (Å²) in [4.78, 5) is 14.5. The lowest BCUT2D eigenvalue weighted by atomic mass is 9.90. The summed E-state index contributed by atoms with van der Waals surface area (Å²) in [5, 5.41) is -0.497. The number of rotatable bonds is 1. The van der Waals surface area contributed by atoms with Gasteiger partial charge >= 0.3 is 0 Å². The fourth-order valence-electron chi connectivity index (χ4n) is 3.49. The first-order chi connectivity index (χ1) is 10.4. The van der Waals surface area contributed by atoms with E-state index in [1.54, 1.807) is 11.8 Å². The van der Waals surface area contributed by atoms with Crippen molar-refractivity contribution in [2.45, 2.75) is 50.8 Å². The second kappa shape index (κ2) is 5.69. The van der Waals surface area contributed by atoms with E-state index in [4.69, 9.17) is 0 Å². The Labute approximate surface area is 132 Å². The summed E-state index contributed by atoms with van der Waals surface area (Å²) in [6.45, 7) is 3.83. The van der Waals surface area contributed by atoms with Crippen molar-refractivity contribution in [1.29, 1.82) is 0 Å². The van der Waals surface area contributed by atoms with Crippen LogP contribution >= 0.6 is 0 Å². The highest BCUT2D eigenvalue weighted by Crippen LogP contribution is 2.25. The maximum Gasteiger partial charge on any atom is 0.254 e. The van der Waals surface area contributed by atoms with Gasteiger partial charge in [0.1, 0.15) is 0 Å². The normalized spacial score (nSPS) is 27.3. The van der Waals surface area contributed by atoms with Crippen LogP contribution in [0.25, 0.3) is 0 Å². The summed E-state index contributed by atoms with van der Waals surface area (Å²) in [6.07, 6.45) is 4.54. The average Bonchev–Trinajstić information content (AvgIpc) is 2.52. The number of aryl methyl sites for hydroxylation is 2. The molecular formula is C17H23NO3S. The Bertz CT molecular complexity index is 696. The Morgan fingerprint density at radius 3 is 2.55 bits per heavy atom. The maximum atomic E-state index is 12.8. The van der Waals surface area contributed by atoms with Gasteiger partial charge in [-0.3, -0.25) is 4.79 Å². The number of fused-ring (bicyclic) bond motifs is 1. The number of benzene rings is 1. The standard InChI is InChI=1S/C17H23NO3S/c1-12-13(2)22(20,21)10-9-18(12)17(19)16-8-7-14-5-3-4-6-15(14)11-16/h7-8,11-13H,3-6,9-10H2,1-2H3/t12-,13+/m1/s1. The van der Waals surface area contributed by atoms with Gasteiger partial charge in [-0.15, -0.1) is 0 Å². The minimum Gasteiger partial charge on any atom is -0.334 e. The highest BCUT2D eigenvalue weighted by atomic mass is 32.2. The van der Waals surface area contributed by atoms with Gasteiger partial charge in [0.15, 0.2) is 9.84 Å². The predicted octanol–water partition coefficient (Wildman–Crippen LogP) is 2.21. The Morgan fingerprint density at radius 2 is 1.82 bits per heavy atom. The van der Waals surface area contributed by atoms with Crippen LogP contribution in [0, 0.1) is 0 Å². The molecule has 120 valence electrons. The second-order valence-corrected chi connectivity index (χ2v) is 8.98. The SMILES string of the molecule is C[C@@H]1[C@H](C)S(=O)(=O)CCN1C(=O)c1ccc2c(c1)CCCC2. The largest absolute Gasteiger partial charge is 0.334 e. The lowest BCUT2D eigenvalue weighted by Crippen LogP contribution is -2.54. The first-order valence-corrected chi connectivity index (χ1v) is 9.76. The number of amides is 1. The fourth-order valence-corrected chi connectivity index (χ4v) is 5.06. The zero-order chi connectivity index (χ0) is 15.9. The summed E-state index contributed by atoms with van der Waals surface area (Å²) in [7, 11) is -3.07. The Kier molecular flexibility index (Phi) is 4.02. The molecule has 2 aliphatic rings. The molecule has 3 rings (SSSR count). The second-order valence-electron chi connectivity index (χ2n) is 6.50. The average molecular weight is 321 g/mol. The van der Waals surface area contributed by atoms with Crippen LogP contribution in [0.4, 0.5) is 0 Å². The number of sulfone groups is 1. The molecule has 1 aromatic rings. The molecule has 1 fully saturated rings. The third-order valence-corrected chi connectivity index (χ3v) is 7.49. The maximum absolute atomic E-state index is 12.8. The Balaban J connectivity index is 1.85. The first-order valence-electron chi connectivity index (χ1n) is 8.04. The molecule has 1 saturated heterocycles. The van der Waals surface area contributed by atoms with E-state index in [2.05, 4.69) is 6.07 Å². The smallest absolute Gasteiger partial charge is 0.254 e.